The number of rotatable bonds is 2. The van der Waals surface area contributed by atoms with E-state index in [9.17, 15) is 9.59 Å². The summed E-state index contributed by atoms with van der Waals surface area (Å²) < 4.78 is 16.8. The van der Waals surface area contributed by atoms with Gasteiger partial charge in [0.15, 0.2) is 6.79 Å². The maximum absolute atomic E-state index is 11.7. The van der Waals surface area contributed by atoms with Crippen LogP contribution in [0.2, 0.25) is 0 Å². The Balaban J connectivity index is 1.58. The second kappa shape index (κ2) is 6.26. The fourth-order valence-electron chi connectivity index (χ4n) is 3.07. The first-order chi connectivity index (χ1) is 13.2. The van der Waals surface area contributed by atoms with Gasteiger partial charge in [-0.3, -0.25) is 19.9 Å². The first-order valence-electron chi connectivity index (χ1n) is 8.13. The monoisotopic (exact) mass is 380 g/mol. The Morgan fingerprint density at radius 1 is 1.19 bits per heavy atom. The molecule has 0 atom stereocenters. The van der Waals surface area contributed by atoms with Crippen molar-refractivity contribution in [3.8, 4) is 16.9 Å². The third-order valence-electron chi connectivity index (χ3n) is 4.28. The van der Waals surface area contributed by atoms with E-state index in [1.807, 2.05) is 18.2 Å². The SMILES string of the molecule is O=C1NC(=O)/C(=C\c2cc3cncc(-c4ccc5c(c4)COCO5)c3o2)S1. The van der Waals surface area contributed by atoms with E-state index in [0.29, 0.717) is 22.9 Å². The standard InChI is InChI=1S/C19H12N2O5S/c22-18-16(27-19(23)21-18)5-13-4-11-6-20-7-14(17(11)26-13)10-1-2-15-12(3-10)8-24-9-25-15/h1-7H,8-9H2,(H,21,22,23)/b16-5+. The summed E-state index contributed by atoms with van der Waals surface area (Å²) in [6.45, 7) is 0.746. The highest BCUT2D eigenvalue weighted by molar-refractivity contribution is 8.18. The average Bonchev–Trinajstić information content (AvgIpc) is 3.23. The van der Waals surface area contributed by atoms with Crippen molar-refractivity contribution in [1.82, 2.24) is 10.3 Å². The van der Waals surface area contributed by atoms with Crippen LogP contribution in [0, 0.1) is 0 Å². The van der Waals surface area contributed by atoms with Crippen molar-refractivity contribution in [2.24, 2.45) is 0 Å². The van der Waals surface area contributed by atoms with Crippen LogP contribution in [0.4, 0.5) is 4.79 Å². The minimum absolute atomic E-state index is 0.258. The fraction of sp³-hybridized carbons (Fsp3) is 0.105. The Bertz CT molecular complexity index is 1130. The number of thioether (sulfide) groups is 1. The van der Waals surface area contributed by atoms with Crippen molar-refractivity contribution in [3.63, 3.8) is 0 Å². The zero-order valence-electron chi connectivity index (χ0n) is 13.9. The van der Waals surface area contributed by atoms with Gasteiger partial charge in [-0.1, -0.05) is 6.07 Å². The number of carbonyl (C=O) groups is 2. The first-order valence-corrected chi connectivity index (χ1v) is 8.95. The number of fused-ring (bicyclic) bond motifs is 2. The highest BCUT2D eigenvalue weighted by Crippen LogP contribution is 2.35. The van der Waals surface area contributed by atoms with Gasteiger partial charge in [0.2, 0.25) is 0 Å². The van der Waals surface area contributed by atoms with E-state index in [2.05, 4.69) is 10.3 Å². The molecule has 0 bridgehead atoms. The molecule has 2 aliphatic heterocycles. The Labute approximate surface area is 157 Å². The van der Waals surface area contributed by atoms with E-state index in [1.165, 1.54) is 0 Å². The number of furan rings is 1. The molecule has 1 saturated heterocycles. The van der Waals surface area contributed by atoms with E-state index in [1.54, 1.807) is 24.5 Å². The second-order valence-corrected chi connectivity index (χ2v) is 7.05. The van der Waals surface area contributed by atoms with Crippen LogP contribution in [0.3, 0.4) is 0 Å². The third kappa shape index (κ3) is 2.88. The molecule has 5 rings (SSSR count). The molecule has 4 heterocycles. The number of pyridine rings is 1. The van der Waals surface area contributed by atoms with Crippen molar-refractivity contribution in [1.29, 1.82) is 0 Å². The number of benzene rings is 1. The number of nitrogens with one attached hydrogen (secondary N) is 1. The van der Waals surface area contributed by atoms with Gasteiger partial charge in [0.05, 0.1) is 11.5 Å². The van der Waals surface area contributed by atoms with Crippen LogP contribution >= 0.6 is 11.8 Å². The summed E-state index contributed by atoms with van der Waals surface area (Å²) in [5.74, 6) is 0.874. The lowest BCUT2D eigenvalue weighted by atomic mass is 10.0. The second-order valence-electron chi connectivity index (χ2n) is 6.04. The lowest BCUT2D eigenvalue weighted by molar-refractivity contribution is -0.115. The highest BCUT2D eigenvalue weighted by Gasteiger charge is 2.25. The molecule has 0 radical (unpaired) electrons. The van der Waals surface area contributed by atoms with Gasteiger partial charge in [0.25, 0.3) is 11.1 Å². The van der Waals surface area contributed by atoms with Crippen LogP contribution in [0.1, 0.15) is 11.3 Å². The summed E-state index contributed by atoms with van der Waals surface area (Å²) in [7, 11) is 0. The Kier molecular flexibility index (Phi) is 3.73. The lowest BCUT2D eigenvalue weighted by Gasteiger charge is -2.18. The molecule has 1 fully saturated rings. The van der Waals surface area contributed by atoms with Crippen molar-refractivity contribution in [2.45, 2.75) is 6.61 Å². The maximum atomic E-state index is 11.7. The van der Waals surface area contributed by atoms with Crippen molar-refractivity contribution in [3.05, 3.63) is 52.9 Å². The molecule has 8 heteroatoms. The van der Waals surface area contributed by atoms with Crippen molar-refractivity contribution >= 4 is 40.0 Å². The minimum atomic E-state index is -0.418. The summed E-state index contributed by atoms with van der Waals surface area (Å²) >= 11 is 0.853. The van der Waals surface area contributed by atoms with Gasteiger partial charge in [-0.15, -0.1) is 0 Å². The number of hydrogen-bond donors (Lipinski definition) is 1. The van der Waals surface area contributed by atoms with Crippen LogP contribution in [0.15, 0.2) is 46.0 Å². The molecule has 1 aromatic carbocycles. The molecule has 2 amide bonds. The van der Waals surface area contributed by atoms with Crippen LogP contribution in [0.25, 0.3) is 28.2 Å². The van der Waals surface area contributed by atoms with E-state index in [0.717, 1.165) is 39.6 Å². The molecule has 27 heavy (non-hydrogen) atoms. The Hall–Kier alpha value is -3.10. The normalized spacial score (nSPS) is 17.9. The van der Waals surface area contributed by atoms with E-state index in [4.69, 9.17) is 13.9 Å². The molecule has 3 aromatic rings. The largest absolute Gasteiger partial charge is 0.467 e. The fourth-order valence-corrected chi connectivity index (χ4v) is 3.73. The van der Waals surface area contributed by atoms with Gasteiger partial charge < -0.3 is 13.9 Å². The van der Waals surface area contributed by atoms with Crippen molar-refractivity contribution < 1.29 is 23.5 Å². The van der Waals surface area contributed by atoms with E-state index < -0.39 is 5.91 Å². The summed E-state index contributed by atoms with van der Waals surface area (Å²) in [6.07, 6.45) is 4.99. The summed E-state index contributed by atoms with van der Waals surface area (Å²) in [5, 5.41) is 2.65. The predicted molar refractivity (Wildman–Crippen MR) is 98.8 cm³/mol. The summed E-state index contributed by atoms with van der Waals surface area (Å²) in [5.41, 5.74) is 3.37. The van der Waals surface area contributed by atoms with Crippen LogP contribution < -0.4 is 10.1 Å². The number of amides is 2. The minimum Gasteiger partial charge on any atom is -0.467 e. The highest BCUT2D eigenvalue weighted by atomic mass is 32.2. The van der Waals surface area contributed by atoms with Crippen LogP contribution in [-0.4, -0.2) is 22.9 Å². The van der Waals surface area contributed by atoms with E-state index in [-0.39, 0.29) is 12.0 Å². The average molecular weight is 380 g/mol. The molecule has 2 aliphatic rings. The number of aromatic nitrogens is 1. The molecular formula is C19H12N2O5S. The number of hydrogen-bond acceptors (Lipinski definition) is 7. The quantitative estimate of drug-likeness (QED) is 0.678. The number of imide groups is 1. The maximum Gasteiger partial charge on any atom is 0.290 e. The predicted octanol–water partition coefficient (Wildman–Crippen LogP) is 3.69. The topological polar surface area (TPSA) is 90.7 Å². The molecule has 2 aromatic heterocycles. The van der Waals surface area contributed by atoms with Gasteiger partial charge in [-0.05, 0) is 35.5 Å². The van der Waals surface area contributed by atoms with Gasteiger partial charge in [0, 0.05) is 35.0 Å². The summed E-state index contributed by atoms with van der Waals surface area (Å²) in [4.78, 5) is 27.6. The van der Waals surface area contributed by atoms with Crippen LogP contribution in [-0.2, 0) is 16.1 Å². The van der Waals surface area contributed by atoms with Crippen molar-refractivity contribution in [2.75, 3.05) is 6.79 Å². The Morgan fingerprint density at radius 2 is 2.11 bits per heavy atom. The molecular weight excluding hydrogens is 368 g/mol. The third-order valence-corrected chi connectivity index (χ3v) is 5.09. The molecule has 0 unspecified atom stereocenters. The van der Waals surface area contributed by atoms with Gasteiger partial charge in [0.1, 0.15) is 17.1 Å². The molecule has 1 N–H and O–H groups in total. The molecule has 0 saturated carbocycles. The molecule has 134 valence electrons. The summed E-state index contributed by atoms with van der Waals surface area (Å²) in [6, 6.07) is 7.63. The van der Waals surface area contributed by atoms with Gasteiger partial charge in [-0.2, -0.15) is 0 Å². The lowest BCUT2D eigenvalue weighted by Crippen LogP contribution is -2.17. The number of carbonyl (C=O) groups excluding carboxylic acids is 2. The number of nitrogens with zero attached hydrogens (tertiary/aromatic N) is 1. The van der Waals surface area contributed by atoms with Crippen LogP contribution in [0.5, 0.6) is 5.75 Å². The molecule has 0 aliphatic carbocycles. The molecule has 0 spiro atoms. The zero-order valence-corrected chi connectivity index (χ0v) is 14.7. The number of ether oxygens (including phenoxy) is 2. The zero-order chi connectivity index (χ0) is 18.4. The molecule has 7 nitrogen and oxygen atoms in total. The first kappa shape index (κ1) is 16.1. The van der Waals surface area contributed by atoms with E-state index >= 15 is 0 Å². The van der Waals surface area contributed by atoms with Gasteiger partial charge >= 0.3 is 0 Å². The van der Waals surface area contributed by atoms with Gasteiger partial charge in [-0.25, -0.2) is 0 Å². The Morgan fingerprint density at radius 3 is 2.96 bits per heavy atom. The smallest absolute Gasteiger partial charge is 0.290 e.